The van der Waals surface area contributed by atoms with Gasteiger partial charge in [0.1, 0.15) is 5.82 Å². The van der Waals surface area contributed by atoms with Gasteiger partial charge in [0.15, 0.2) is 0 Å². The number of nitrogens with zero attached hydrogens (tertiary/aromatic N) is 6. The third-order valence-corrected chi connectivity index (χ3v) is 7.20. The molecule has 3 heterocycles. The molecule has 6 rings (SSSR count). The predicted octanol–water partition coefficient (Wildman–Crippen LogP) is 5.65. The molecular weight excluding hydrogens is 462 g/mol. The summed E-state index contributed by atoms with van der Waals surface area (Å²) in [5.74, 6) is 1.79. The Morgan fingerprint density at radius 3 is 2.59 bits per heavy atom. The Bertz CT molecular complexity index is 1590. The van der Waals surface area contributed by atoms with E-state index in [1.165, 1.54) is 0 Å². The van der Waals surface area contributed by atoms with Crippen molar-refractivity contribution in [3.63, 3.8) is 0 Å². The lowest BCUT2D eigenvalue weighted by Gasteiger charge is -2.18. The zero-order valence-electron chi connectivity index (χ0n) is 21.1. The van der Waals surface area contributed by atoms with Gasteiger partial charge in [0.2, 0.25) is 11.7 Å². The molecule has 8 heteroatoms. The fraction of sp³-hybridized carbons (Fsp3) is 0.276. The van der Waals surface area contributed by atoms with Crippen LogP contribution in [-0.2, 0) is 11.2 Å². The Morgan fingerprint density at radius 2 is 1.84 bits per heavy atom. The molecule has 0 bridgehead atoms. The Kier molecular flexibility index (Phi) is 6.00. The number of tetrazole rings is 1. The molecule has 0 radical (unpaired) electrons. The highest BCUT2D eigenvalue weighted by atomic mass is 16.2. The molecule has 0 atom stereocenters. The number of aromatic nitrogens is 6. The normalized spacial score (nSPS) is 13.7. The van der Waals surface area contributed by atoms with Crippen molar-refractivity contribution >= 4 is 22.6 Å². The number of carbonyl (C=O) groups excluding carboxylic acids is 1. The largest absolute Gasteiger partial charge is 0.312 e. The second-order valence-corrected chi connectivity index (χ2v) is 9.52. The lowest BCUT2D eigenvalue weighted by molar-refractivity contribution is -0.117. The predicted molar refractivity (Wildman–Crippen MR) is 145 cm³/mol. The quantitative estimate of drug-likeness (QED) is 0.318. The van der Waals surface area contributed by atoms with E-state index in [4.69, 9.17) is 4.98 Å². The van der Waals surface area contributed by atoms with Crippen LogP contribution in [-0.4, -0.2) is 42.6 Å². The third-order valence-electron chi connectivity index (χ3n) is 7.20. The minimum Gasteiger partial charge on any atom is -0.312 e. The number of unbranched alkanes of at least 4 members (excludes halogenated alkanes) is 1. The number of nitrogens with one attached hydrogen (secondary N) is 1. The Balaban J connectivity index is 1.54. The van der Waals surface area contributed by atoms with Gasteiger partial charge in [-0.1, -0.05) is 49.7 Å². The molecular formula is C29H29N7O. The lowest BCUT2D eigenvalue weighted by atomic mass is 9.94. The van der Waals surface area contributed by atoms with Crippen LogP contribution in [0.2, 0.25) is 0 Å². The maximum atomic E-state index is 12.5. The van der Waals surface area contributed by atoms with Crippen molar-refractivity contribution in [3.8, 4) is 28.2 Å². The van der Waals surface area contributed by atoms with Crippen LogP contribution in [0.25, 0.3) is 39.2 Å². The molecule has 0 unspecified atom stereocenters. The summed E-state index contributed by atoms with van der Waals surface area (Å²) in [4.78, 5) is 19.4. The molecule has 1 aliphatic heterocycles. The summed E-state index contributed by atoms with van der Waals surface area (Å²) in [6, 6.07) is 20.7. The van der Waals surface area contributed by atoms with Crippen LogP contribution < -0.4 is 4.90 Å². The van der Waals surface area contributed by atoms with Crippen molar-refractivity contribution in [2.45, 2.75) is 46.0 Å². The number of H-pyrrole nitrogens is 1. The van der Waals surface area contributed by atoms with E-state index in [-0.39, 0.29) is 5.91 Å². The van der Waals surface area contributed by atoms with Crippen LogP contribution in [0.3, 0.4) is 0 Å². The first-order chi connectivity index (χ1) is 18.2. The van der Waals surface area contributed by atoms with Crippen LogP contribution in [0.5, 0.6) is 0 Å². The zero-order valence-corrected chi connectivity index (χ0v) is 21.1. The van der Waals surface area contributed by atoms with Crippen molar-refractivity contribution in [1.29, 1.82) is 0 Å². The van der Waals surface area contributed by atoms with Gasteiger partial charge in [0, 0.05) is 30.6 Å². The number of hydrogen-bond acceptors (Lipinski definition) is 5. The molecule has 3 aromatic carbocycles. The van der Waals surface area contributed by atoms with E-state index >= 15 is 0 Å². The van der Waals surface area contributed by atoms with E-state index in [1.807, 2.05) is 35.2 Å². The first kappa shape index (κ1) is 23.1. The first-order valence-electron chi connectivity index (χ1n) is 12.9. The van der Waals surface area contributed by atoms with E-state index in [0.717, 1.165) is 82.7 Å². The van der Waals surface area contributed by atoms with Crippen molar-refractivity contribution in [3.05, 3.63) is 72.1 Å². The molecule has 8 nitrogen and oxygen atoms in total. The van der Waals surface area contributed by atoms with Gasteiger partial charge in [-0.15, -0.1) is 10.2 Å². The van der Waals surface area contributed by atoms with Gasteiger partial charge < -0.3 is 4.90 Å². The molecule has 1 N–H and O–H groups in total. The van der Waals surface area contributed by atoms with Gasteiger partial charge in [-0.3, -0.25) is 9.36 Å². The number of hydrogen-bond donors (Lipinski definition) is 1. The van der Waals surface area contributed by atoms with Gasteiger partial charge in [0.05, 0.1) is 16.7 Å². The fourth-order valence-corrected chi connectivity index (χ4v) is 5.32. The molecule has 0 aliphatic carbocycles. The van der Waals surface area contributed by atoms with Gasteiger partial charge in [-0.25, -0.2) is 4.98 Å². The highest BCUT2D eigenvalue weighted by Gasteiger charge is 2.24. The van der Waals surface area contributed by atoms with E-state index < -0.39 is 0 Å². The van der Waals surface area contributed by atoms with Crippen molar-refractivity contribution in [2.24, 2.45) is 0 Å². The van der Waals surface area contributed by atoms with E-state index in [1.54, 1.807) is 0 Å². The minimum atomic E-state index is 0.188. The Labute approximate surface area is 215 Å². The number of imidazole rings is 1. The number of fused-ring (bicyclic) bond motifs is 1. The monoisotopic (exact) mass is 491 g/mol. The molecule has 1 fully saturated rings. The first-order valence-corrected chi connectivity index (χ1v) is 12.9. The summed E-state index contributed by atoms with van der Waals surface area (Å²) >= 11 is 0. The van der Waals surface area contributed by atoms with E-state index in [0.29, 0.717) is 12.2 Å². The summed E-state index contributed by atoms with van der Waals surface area (Å²) in [6.45, 7) is 5.12. The summed E-state index contributed by atoms with van der Waals surface area (Å²) in [5, 5.41) is 14.8. The van der Waals surface area contributed by atoms with Crippen LogP contribution in [0.4, 0.5) is 5.69 Å². The van der Waals surface area contributed by atoms with E-state index in [9.17, 15) is 4.79 Å². The third kappa shape index (κ3) is 4.08. The number of aromatic amines is 1. The maximum Gasteiger partial charge on any atom is 0.227 e. The number of anilines is 1. The average Bonchev–Trinajstić information content (AvgIpc) is 3.67. The number of benzene rings is 3. The van der Waals surface area contributed by atoms with Crippen LogP contribution in [0.1, 0.15) is 44.0 Å². The second kappa shape index (κ2) is 9.61. The lowest BCUT2D eigenvalue weighted by Crippen LogP contribution is -2.23. The smallest absolute Gasteiger partial charge is 0.227 e. The number of aryl methyl sites for hydroxylation is 1. The molecule has 186 valence electrons. The molecule has 2 aromatic heterocycles. The molecule has 1 aliphatic rings. The molecule has 5 aromatic rings. The standard InChI is InChI=1S/C29H29N7O/c1-3-4-13-27-30-24-16-15-20(35-17-8-14-28(35)37)18-26(24)36(27)25-12-7-11-21(19(25)2)22-9-5-6-10-23(22)29-31-33-34-32-29/h5-7,9-12,15-16,18H,3-4,8,13-14,17H2,1-2H3,(H,31,32,33,34). The van der Waals surface area contributed by atoms with Crippen LogP contribution in [0, 0.1) is 6.92 Å². The molecule has 37 heavy (non-hydrogen) atoms. The summed E-state index contributed by atoms with van der Waals surface area (Å²) in [5.41, 5.74) is 8.20. The zero-order chi connectivity index (χ0) is 25.4. The Hall–Kier alpha value is -4.33. The molecule has 1 amide bonds. The van der Waals surface area contributed by atoms with Gasteiger partial charge in [0.25, 0.3) is 0 Å². The van der Waals surface area contributed by atoms with Gasteiger partial charge in [-0.2, -0.15) is 5.21 Å². The number of amides is 1. The molecule has 0 saturated carbocycles. The number of rotatable bonds is 7. The van der Waals surface area contributed by atoms with Crippen molar-refractivity contribution in [1.82, 2.24) is 30.2 Å². The molecule has 0 spiro atoms. The maximum absolute atomic E-state index is 12.5. The minimum absolute atomic E-state index is 0.188. The fourth-order valence-electron chi connectivity index (χ4n) is 5.32. The van der Waals surface area contributed by atoms with Crippen LogP contribution in [0.15, 0.2) is 60.7 Å². The average molecular weight is 492 g/mol. The number of carbonyl (C=O) groups is 1. The second-order valence-electron chi connectivity index (χ2n) is 9.52. The van der Waals surface area contributed by atoms with Crippen molar-refractivity contribution in [2.75, 3.05) is 11.4 Å². The van der Waals surface area contributed by atoms with Gasteiger partial charge in [-0.05, 0) is 65.9 Å². The molecule has 1 saturated heterocycles. The summed E-state index contributed by atoms with van der Waals surface area (Å²) < 4.78 is 2.28. The highest BCUT2D eigenvalue weighted by Crippen LogP contribution is 2.36. The summed E-state index contributed by atoms with van der Waals surface area (Å²) in [6.07, 6.45) is 4.54. The van der Waals surface area contributed by atoms with E-state index in [2.05, 4.69) is 69.4 Å². The Morgan fingerprint density at radius 1 is 1.00 bits per heavy atom. The van der Waals surface area contributed by atoms with Crippen molar-refractivity contribution < 1.29 is 4.79 Å². The SMILES string of the molecule is CCCCc1nc2ccc(N3CCCC3=O)cc2n1-c1cccc(-c2ccccc2-c2nn[nH]n2)c1C. The topological polar surface area (TPSA) is 92.6 Å². The summed E-state index contributed by atoms with van der Waals surface area (Å²) in [7, 11) is 0. The highest BCUT2D eigenvalue weighted by molar-refractivity contribution is 5.97. The van der Waals surface area contributed by atoms with Crippen LogP contribution >= 0.6 is 0 Å². The van der Waals surface area contributed by atoms with Gasteiger partial charge >= 0.3 is 0 Å².